The standard InChI is InChI=1S/C7H7F3N4O3/c1-3(7(8,9)10)17-5-4(14(15)16)2-12-6(11)13-5/h2-3H,1H3,(H2,11,12,13). The molecule has 0 spiro atoms. The van der Waals surface area contributed by atoms with Crippen LogP contribution >= 0.6 is 0 Å². The number of nitrogen functional groups attached to an aromatic ring is 1. The van der Waals surface area contributed by atoms with Gasteiger partial charge in [-0.05, 0) is 6.92 Å². The van der Waals surface area contributed by atoms with E-state index in [1.165, 1.54) is 0 Å². The highest BCUT2D eigenvalue weighted by atomic mass is 19.4. The molecular weight excluding hydrogens is 245 g/mol. The molecule has 1 unspecified atom stereocenters. The highest BCUT2D eigenvalue weighted by Gasteiger charge is 2.39. The van der Waals surface area contributed by atoms with Crippen LogP contribution in [0.15, 0.2) is 6.20 Å². The summed E-state index contributed by atoms with van der Waals surface area (Å²) in [6.07, 6.45) is -6.22. The third-order valence-electron chi connectivity index (χ3n) is 1.70. The molecule has 1 atom stereocenters. The van der Waals surface area contributed by atoms with Crippen LogP contribution in [-0.4, -0.2) is 27.2 Å². The predicted molar refractivity (Wildman–Crippen MR) is 49.2 cm³/mol. The van der Waals surface area contributed by atoms with Crippen molar-refractivity contribution >= 4 is 11.6 Å². The molecule has 0 amide bonds. The van der Waals surface area contributed by atoms with E-state index in [0.717, 1.165) is 0 Å². The summed E-state index contributed by atoms with van der Waals surface area (Å²) in [5.74, 6) is -1.23. The van der Waals surface area contributed by atoms with Crippen LogP contribution in [0.4, 0.5) is 24.8 Å². The second-order valence-electron chi connectivity index (χ2n) is 2.98. The lowest BCUT2D eigenvalue weighted by molar-refractivity contribution is -0.387. The van der Waals surface area contributed by atoms with E-state index < -0.39 is 34.7 Å². The lowest BCUT2D eigenvalue weighted by Crippen LogP contribution is -2.31. The van der Waals surface area contributed by atoms with E-state index in [4.69, 9.17) is 5.73 Å². The number of nitrogens with zero attached hydrogens (tertiary/aromatic N) is 3. The maximum atomic E-state index is 12.2. The number of hydrogen-bond acceptors (Lipinski definition) is 6. The summed E-state index contributed by atoms with van der Waals surface area (Å²) in [4.78, 5) is 16.1. The summed E-state index contributed by atoms with van der Waals surface area (Å²) in [6.45, 7) is 0.696. The first-order valence-electron chi connectivity index (χ1n) is 4.22. The predicted octanol–water partition coefficient (Wildman–Crippen LogP) is 1.30. The fourth-order valence-electron chi connectivity index (χ4n) is 0.819. The monoisotopic (exact) mass is 252 g/mol. The third-order valence-corrected chi connectivity index (χ3v) is 1.70. The molecule has 1 heterocycles. The van der Waals surface area contributed by atoms with Crippen molar-refractivity contribution in [1.29, 1.82) is 0 Å². The van der Waals surface area contributed by atoms with Crippen molar-refractivity contribution in [3.05, 3.63) is 16.3 Å². The molecule has 0 saturated carbocycles. The Kier molecular flexibility index (Phi) is 3.34. The highest BCUT2D eigenvalue weighted by Crippen LogP contribution is 2.29. The van der Waals surface area contributed by atoms with Crippen molar-refractivity contribution in [2.24, 2.45) is 0 Å². The average molecular weight is 252 g/mol. The topological polar surface area (TPSA) is 104 Å². The Morgan fingerprint density at radius 2 is 2.18 bits per heavy atom. The van der Waals surface area contributed by atoms with Gasteiger partial charge in [-0.1, -0.05) is 0 Å². The zero-order valence-electron chi connectivity index (χ0n) is 8.43. The van der Waals surface area contributed by atoms with E-state index in [9.17, 15) is 23.3 Å². The van der Waals surface area contributed by atoms with Crippen LogP contribution in [0.2, 0.25) is 0 Å². The van der Waals surface area contributed by atoms with Gasteiger partial charge in [0.15, 0.2) is 6.10 Å². The lowest BCUT2D eigenvalue weighted by Gasteiger charge is -2.16. The first kappa shape index (κ1) is 12.9. The zero-order valence-corrected chi connectivity index (χ0v) is 8.43. The van der Waals surface area contributed by atoms with E-state index in [1.807, 2.05) is 0 Å². The number of ether oxygens (including phenoxy) is 1. The first-order valence-corrected chi connectivity index (χ1v) is 4.22. The van der Waals surface area contributed by atoms with Gasteiger partial charge in [0.25, 0.3) is 5.88 Å². The van der Waals surface area contributed by atoms with E-state index in [1.54, 1.807) is 0 Å². The van der Waals surface area contributed by atoms with Gasteiger partial charge in [0.1, 0.15) is 6.20 Å². The number of nitro groups is 1. The number of halogens is 3. The Hall–Kier alpha value is -2.13. The van der Waals surface area contributed by atoms with Crippen molar-refractivity contribution < 1.29 is 22.8 Å². The minimum absolute atomic E-state index is 0.417. The van der Waals surface area contributed by atoms with Crippen molar-refractivity contribution in [3.63, 3.8) is 0 Å². The van der Waals surface area contributed by atoms with Crippen LogP contribution in [0.3, 0.4) is 0 Å². The van der Waals surface area contributed by atoms with Gasteiger partial charge in [0.2, 0.25) is 5.95 Å². The van der Waals surface area contributed by atoms with Crippen LogP contribution in [0.5, 0.6) is 5.88 Å². The Morgan fingerprint density at radius 1 is 1.59 bits per heavy atom. The van der Waals surface area contributed by atoms with Gasteiger partial charge in [0, 0.05) is 0 Å². The van der Waals surface area contributed by atoms with Crippen molar-refractivity contribution in [2.45, 2.75) is 19.2 Å². The molecule has 1 rings (SSSR count). The Labute approximate surface area is 92.6 Å². The number of aromatic nitrogens is 2. The van der Waals surface area contributed by atoms with E-state index in [-0.39, 0.29) is 0 Å². The van der Waals surface area contributed by atoms with Gasteiger partial charge in [-0.25, -0.2) is 4.98 Å². The molecule has 0 aliphatic carbocycles. The maximum Gasteiger partial charge on any atom is 0.425 e. The Bertz CT molecular complexity index is 437. The van der Waals surface area contributed by atoms with Gasteiger partial charge in [-0.2, -0.15) is 18.2 Å². The second kappa shape index (κ2) is 4.39. The number of alkyl halides is 3. The molecule has 17 heavy (non-hydrogen) atoms. The van der Waals surface area contributed by atoms with E-state index in [2.05, 4.69) is 14.7 Å². The number of nitrogens with two attached hydrogens (primary N) is 1. The number of hydrogen-bond donors (Lipinski definition) is 1. The molecule has 0 aromatic carbocycles. The number of anilines is 1. The van der Waals surface area contributed by atoms with Gasteiger partial charge in [-0.3, -0.25) is 10.1 Å². The highest BCUT2D eigenvalue weighted by molar-refractivity contribution is 5.41. The van der Waals surface area contributed by atoms with E-state index >= 15 is 0 Å². The smallest absolute Gasteiger partial charge is 0.425 e. The number of rotatable bonds is 3. The maximum absolute atomic E-state index is 12.2. The average Bonchev–Trinajstić information content (AvgIpc) is 2.15. The molecule has 0 aliphatic rings. The SMILES string of the molecule is CC(Oc1nc(N)ncc1[N+](=O)[O-])C(F)(F)F. The molecule has 2 N–H and O–H groups in total. The summed E-state index contributed by atoms with van der Waals surface area (Å²) in [7, 11) is 0. The Balaban J connectivity index is 3.04. The zero-order chi connectivity index (χ0) is 13.2. The minimum Gasteiger partial charge on any atom is -0.460 e. The normalized spacial score (nSPS) is 13.2. The molecule has 94 valence electrons. The fraction of sp³-hybridized carbons (Fsp3) is 0.429. The molecule has 0 saturated heterocycles. The van der Waals surface area contributed by atoms with Gasteiger partial charge in [0.05, 0.1) is 4.92 Å². The molecule has 10 heteroatoms. The summed E-state index contributed by atoms with van der Waals surface area (Å²) in [5, 5.41) is 10.5. The van der Waals surface area contributed by atoms with Crippen molar-refractivity contribution in [3.8, 4) is 5.88 Å². The van der Waals surface area contributed by atoms with Crippen molar-refractivity contribution in [2.75, 3.05) is 5.73 Å². The van der Waals surface area contributed by atoms with Gasteiger partial charge >= 0.3 is 11.9 Å². The second-order valence-corrected chi connectivity index (χ2v) is 2.98. The fourth-order valence-corrected chi connectivity index (χ4v) is 0.819. The summed E-state index contributed by atoms with van der Waals surface area (Å²) in [6, 6.07) is 0. The van der Waals surface area contributed by atoms with E-state index in [0.29, 0.717) is 13.1 Å². The van der Waals surface area contributed by atoms with Gasteiger partial charge < -0.3 is 10.5 Å². The van der Waals surface area contributed by atoms with Crippen LogP contribution < -0.4 is 10.5 Å². The summed E-state index contributed by atoms with van der Waals surface area (Å²) in [5.41, 5.74) is 4.32. The molecule has 0 fully saturated rings. The lowest BCUT2D eigenvalue weighted by atomic mass is 10.4. The quantitative estimate of drug-likeness (QED) is 0.642. The van der Waals surface area contributed by atoms with Gasteiger partial charge in [-0.15, -0.1) is 0 Å². The third kappa shape index (κ3) is 3.16. The largest absolute Gasteiger partial charge is 0.460 e. The minimum atomic E-state index is -4.66. The molecule has 7 nitrogen and oxygen atoms in total. The molecule has 0 bridgehead atoms. The molecular formula is C7H7F3N4O3. The van der Waals surface area contributed by atoms with Crippen LogP contribution in [0, 0.1) is 10.1 Å². The molecule has 1 aromatic heterocycles. The van der Waals surface area contributed by atoms with Crippen molar-refractivity contribution in [1.82, 2.24) is 9.97 Å². The van der Waals surface area contributed by atoms with Crippen LogP contribution in [0.25, 0.3) is 0 Å². The summed E-state index contributed by atoms with van der Waals surface area (Å²) < 4.78 is 41.0. The summed E-state index contributed by atoms with van der Waals surface area (Å²) >= 11 is 0. The first-order chi connectivity index (χ1) is 7.71. The van der Waals surface area contributed by atoms with Crippen LogP contribution in [-0.2, 0) is 0 Å². The Morgan fingerprint density at radius 3 is 2.65 bits per heavy atom. The molecule has 0 radical (unpaired) electrons. The van der Waals surface area contributed by atoms with Crippen LogP contribution in [0.1, 0.15) is 6.92 Å². The molecule has 1 aromatic rings. The molecule has 0 aliphatic heterocycles.